The van der Waals surface area contributed by atoms with Crippen LogP contribution >= 0.6 is 11.6 Å². The van der Waals surface area contributed by atoms with Crippen LogP contribution in [0.15, 0.2) is 12.1 Å². The van der Waals surface area contributed by atoms with Gasteiger partial charge in [0.1, 0.15) is 18.5 Å². The number of benzene rings is 1. The van der Waals surface area contributed by atoms with E-state index in [1.54, 1.807) is 0 Å². The monoisotopic (exact) mass is 214 g/mol. The second-order valence-electron chi connectivity index (χ2n) is 3.63. The van der Waals surface area contributed by atoms with Crippen LogP contribution in [0.2, 0.25) is 5.02 Å². The summed E-state index contributed by atoms with van der Waals surface area (Å²) in [5, 5.41) is 0.789. The quantitative estimate of drug-likeness (QED) is 0.722. The Hall–Kier alpha value is -0.730. The van der Waals surface area contributed by atoms with Gasteiger partial charge in [-0.1, -0.05) is 11.6 Å². The first kappa shape index (κ1) is 9.81. The van der Waals surface area contributed by atoms with Crippen LogP contribution in [0.25, 0.3) is 0 Å². The van der Waals surface area contributed by atoms with Crippen LogP contribution in [-0.2, 0) is 4.74 Å². The van der Waals surface area contributed by atoms with Crippen LogP contribution in [0.1, 0.15) is 12.6 Å². The molecule has 1 saturated heterocycles. The fourth-order valence-electron chi connectivity index (χ4n) is 1.26. The minimum Gasteiger partial charge on any atom is -0.491 e. The van der Waals surface area contributed by atoms with E-state index in [4.69, 9.17) is 21.1 Å². The maximum Gasteiger partial charge on any atom is 0.122 e. The third-order valence-corrected chi connectivity index (χ3v) is 2.69. The molecule has 1 unspecified atom stereocenters. The Kier molecular flexibility index (Phi) is 2.66. The van der Waals surface area contributed by atoms with Crippen molar-refractivity contribution in [1.82, 2.24) is 0 Å². The van der Waals surface area contributed by atoms with Crippen molar-refractivity contribution in [1.29, 1.82) is 0 Å². The lowest BCUT2D eigenvalue weighted by Crippen LogP contribution is -2.05. The molecule has 2 nitrogen and oxygen atoms in total. The molecule has 0 bridgehead atoms. The standard InChI is InChI=1S/C11H13ClO2.H2/c1-7-4-11(8(2)3-10(7)12)14-6-9-5-13-9;/h3-4,9H,5-6H2,1-2H3;1H. The average molecular weight is 215 g/mol. The second kappa shape index (κ2) is 3.79. The van der Waals surface area contributed by atoms with Crippen LogP contribution in [0.4, 0.5) is 0 Å². The highest BCUT2D eigenvalue weighted by Crippen LogP contribution is 2.26. The first-order valence-electron chi connectivity index (χ1n) is 4.68. The third kappa shape index (κ3) is 2.20. The summed E-state index contributed by atoms with van der Waals surface area (Å²) in [4.78, 5) is 0. The highest BCUT2D eigenvalue weighted by Gasteiger charge is 2.23. The molecule has 0 radical (unpaired) electrons. The molecule has 0 amide bonds. The molecule has 1 heterocycles. The van der Waals surface area contributed by atoms with Crippen molar-refractivity contribution in [3.05, 3.63) is 28.3 Å². The smallest absolute Gasteiger partial charge is 0.122 e. The number of aryl methyl sites for hydroxylation is 2. The summed E-state index contributed by atoms with van der Waals surface area (Å²) in [6.07, 6.45) is 0.297. The third-order valence-electron chi connectivity index (χ3n) is 2.28. The van der Waals surface area contributed by atoms with Crippen LogP contribution < -0.4 is 4.74 Å². The fraction of sp³-hybridized carbons (Fsp3) is 0.455. The van der Waals surface area contributed by atoms with Gasteiger partial charge in [-0.2, -0.15) is 0 Å². The van der Waals surface area contributed by atoms with Gasteiger partial charge in [-0.05, 0) is 37.1 Å². The molecule has 1 aromatic rings. The number of epoxide rings is 1. The first-order chi connectivity index (χ1) is 6.66. The lowest BCUT2D eigenvalue weighted by molar-refractivity contribution is 0.261. The predicted molar refractivity (Wildman–Crippen MR) is 58.3 cm³/mol. The van der Waals surface area contributed by atoms with E-state index < -0.39 is 0 Å². The summed E-state index contributed by atoms with van der Waals surface area (Å²) in [5.74, 6) is 0.905. The zero-order valence-electron chi connectivity index (χ0n) is 8.34. The number of rotatable bonds is 3. The van der Waals surface area contributed by atoms with Crippen LogP contribution in [-0.4, -0.2) is 19.3 Å². The van der Waals surface area contributed by atoms with Crippen molar-refractivity contribution in [2.45, 2.75) is 20.0 Å². The molecule has 3 heteroatoms. The summed E-state index contributed by atoms with van der Waals surface area (Å²) in [7, 11) is 0. The van der Waals surface area contributed by atoms with Crippen molar-refractivity contribution in [3.63, 3.8) is 0 Å². The fourth-order valence-corrected chi connectivity index (χ4v) is 1.48. The second-order valence-corrected chi connectivity index (χ2v) is 4.04. The van der Waals surface area contributed by atoms with Crippen molar-refractivity contribution >= 4 is 11.6 Å². The highest BCUT2D eigenvalue weighted by molar-refractivity contribution is 6.31. The summed E-state index contributed by atoms with van der Waals surface area (Å²) in [6, 6.07) is 3.90. The number of halogens is 1. The molecule has 0 saturated carbocycles. The SMILES string of the molecule is Cc1cc(OCC2CO2)c(C)cc1Cl.[HH]. The van der Waals surface area contributed by atoms with Crippen molar-refractivity contribution in [2.75, 3.05) is 13.2 Å². The minimum absolute atomic E-state index is 0. The van der Waals surface area contributed by atoms with Gasteiger partial charge >= 0.3 is 0 Å². The van der Waals surface area contributed by atoms with Gasteiger partial charge in [0.05, 0.1) is 6.61 Å². The van der Waals surface area contributed by atoms with E-state index in [1.807, 2.05) is 26.0 Å². The minimum atomic E-state index is 0. The summed E-state index contributed by atoms with van der Waals surface area (Å²) in [5.41, 5.74) is 2.12. The molecule has 0 spiro atoms. The van der Waals surface area contributed by atoms with E-state index in [0.29, 0.717) is 12.7 Å². The van der Waals surface area contributed by atoms with Gasteiger partial charge in [-0.25, -0.2) is 0 Å². The lowest BCUT2D eigenvalue weighted by Gasteiger charge is -2.09. The molecule has 14 heavy (non-hydrogen) atoms. The molecular weight excluding hydrogens is 200 g/mol. The molecule has 1 aliphatic rings. The number of hydrogen-bond donors (Lipinski definition) is 0. The Morgan fingerprint density at radius 3 is 2.86 bits per heavy atom. The molecule has 1 aromatic carbocycles. The van der Waals surface area contributed by atoms with E-state index >= 15 is 0 Å². The Balaban J connectivity index is 0.00000112. The summed E-state index contributed by atoms with van der Waals surface area (Å²) in [6.45, 7) is 5.43. The van der Waals surface area contributed by atoms with E-state index in [1.165, 1.54) is 0 Å². The maximum absolute atomic E-state index is 5.98. The van der Waals surface area contributed by atoms with E-state index in [-0.39, 0.29) is 1.43 Å². The van der Waals surface area contributed by atoms with Gasteiger partial charge in [0, 0.05) is 6.45 Å². The molecule has 0 N–H and O–H groups in total. The largest absolute Gasteiger partial charge is 0.491 e. The Labute approximate surface area is 90.3 Å². The van der Waals surface area contributed by atoms with Gasteiger partial charge in [-0.15, -0.1) is 0 Å². The first-order valence-corrected chi connectivity index (χ1v) is 5.06. The zero-order chi connectivity index (χ0) is 10.1. The van der Waals surface area contributed by atoms with E-state index in [0.717, 1.165) is 28.5 Å². The topological polar surface area (TPSA) is 21.8 Å². The molecule has 0 aliphatic carbocycles. The average Bonchev–Trinajstić information content (AvgIpc) is 2.92. The van der Waals surface area contributed by atoms with E-state index in [2.05, 4.69) is 0 Å². The molecule has 1 fully saturated rings. The van der Waals surface area contributed by atoms with Gasteiger partial charge in [0.25, 0.3) is 0 Å². The Morgan fingerprint density at radius 2 is 2.21 bits per heavy atom. The van der Waals surface area contributed by atoms with Crippen molar-refractivity contribution in [3.8, 4) is 5.75 Å². The predicted octanol–water partition coefficient (Wildman–Crippen LogP) is 2.98. The number of ether oxygens (including phenoxy) is 2. The maximum atomic E-state index is 5.98. The number of hydrogen-bond acceptors (Lipinski definition) is 2. The van der Waals surface area contributed by atoms with Crippen LogP contribution in [0.3, 0.4) is 0 Å². The van der Waals surface area contributed by atoms with Crippen LogP contribution in [0.5, 0.6) is 5.75 Å². The normalized spacial score (nSPS) is 19.5. The molecule has 1 aliphatic heterocycles. The highest BCUT2D eigenvalue weighted by atomic mass is 35.5. The van der Waals surface area contributed by atoms with Crippen molar-refractivity contribution < 1.29 is 10.9 Å². The van der Waals surface area contributed by atoms with Gasteiger partial charge in [0.2, 0.25) is 0 Å². The summed E-state index contributed by atoms with van der Waals surface area (Å²) >= 11 is 5.98. The molecule has 2 rings (SSSR count). The van der Waals surface area contributed by atoms with Crippen LogP contribution in [0, 0.1) is 13.8 Å². The Morgan fingerprint density at radius 1 is 1.50 bits per heavy atom. The molecule has 1 atom stereocenters. The zero-order valence-corrected chi connectivity index (χ0v) is 9.10. The lowest BCUT2D eigenvalue weighted by atomic mass is 10.1. The van der Waals surface area contributed by atoms with E-state index in [9.17, 15) is 0 Å². The summed E-state index contributed by atoms with van der Waals surface area (Å²) < 4.78 is 10.7. The molecule has 0 aromatic heterocycles. The molecular formula is C11H15ClO2. The van der Waals surface area contributed by atoms with Gasteiger partial charge < -0.3 is 9.47 Å². The van der Waals surface area contributed by atoms with Gasteiger partial charge in [-0.3, -0.25) is 0 Å². The van der Waals surface area contributed by atoms with Gasteiger partial charge in [0.15, 0.2) is 0 Å². The van der Waals surface area contributed by atoms with Crippen molar-refractivity contribution in [2.24, 2.45) is 0 Å². The Bertz CT molecular complexity index is 351. The molecule has 78 valence electrons.